The fraction of sp³-hybridized carbons (Fsp3) is 0.500. The number of carboxylic acids is 1. The molecule has 0 unspecified atom stereocenters. The van der Waals surface area contributed by atoms with Gasteiger partial charge in [-0.3, -0.25) is 18.7 Å². The van der Waals surface area contributed by atoms with Crippen LogP contribution in [0.3, 0.4) is 0 Å². The van der Waals surface area contributed by atoms with Gasteiger partial charge in [0.1, 0.15) is 0 Å². The number of carbonyl (C=O) groups is 1. The van der Waals surface area contributed by atoms with E-state index in [4.69, 9.17) is 5.11 Å². The molecule has 0 aliphatic heterocycles. The molecule has 0 radical (unpaired) electrons. The molecule has 0 spiro atoms. The summed E-state index contributed by atoms with van der Waals surface area (Å²) < 4.78 is 4.15. The van der Waals surface area contributed by atoms with E-state index in [-0.39, 0.29) is 11.9 Å². The molecule has 2 heterocycles. The van der Waals surface area contributed by atoms with Crippen LogP contribution in [-0.2, 0) is 25.4 Å². The summed E-state index contributed by atoms with van der Waals surface area (Å²) in [5.41, 5.74) is -0.174. The smallest absolute Gasteiger partial charge is 0.332 e. The van der Waals surface area contributed by atoms with Gasteiger partial charge in [0.15, 0.2) is 16.3 Å². The van der Waals surface area contributed by atoms with E-state index in [2.05, 4.69) is 4.98 Å². The number of fused-ring (bicyclic) bond motifs is 1. The van der Waals surface area contributed by atoms with E-state index in [1.807, 2.05) is 6.92 Å². The first-order chi connectivity index (χ1) is 9.88. The van der Waals surface area contributed by atoms with Gasteiger partial charge in [-0.1, -0.05) is 11.8 Å². The van der Waals surface area contributed by atoms with Crippen LogP contribution in [0.25, 0.3) is 11.2 Å². The minimum absolute atomic E-state index is 0.00846. The number of nitrogens with zero attached hydrogens (tertiary/aromatic N) is 4. The number of thioether (sulfide) groups is 1. The third kappa shape index (κ3) is 2.60. The van der Waals surface area contributed by atoms with Gasteiger partial charge in [-0.15, -0.1) is 0 Å². The van der Waals surface area contributed by atoms with Crippen LogP contribution < -0.4 is 11.2 Å². The van der Waals surface area contributed by atoms with Gasteiger partial charge < -0.3 is 9.67 Å². The second-order valence-corrected chi connectivity index (χ2v) is 5.57. The SMILES string of the molecule is CCn1c(SCCC(=O)O)nc2c(=O)n(C)c(=O)n(C)c21. The Morgan fingerprint density at radius 2 is 1.95 bits per heavy atom. The lowest BCUT2D eigenvalue weighted by molar-refractivity contribution is -0.136. The zero-order valence-electron chi connectivity index (χ0n) is 12.0. The molecular formula is C12H16N4O4S. The predicted octanol–water partition coefficient (Wildman–Crippen LogP) is 0.0204. The number of rotatable bonds is 5. The molecule has 0 aliphatic rings. The molecular weight excluding hydrogens is 296 g/mol. The molecule has 2 aromatic rings. The summed E-state index contributed by atoms with van der Waals surface area (Å²) in [5, 5.41) is 9.23. The Labute approximate surface area is 124 Å². The first-order valence-corrected chi connectivity index (χ1v) is 7.37. The van der Waals surface area contributed by atoms with Crippen molar-refractivity contribution >= 4 is 28.9 Å². The summed E-state index contributed by atoms with van der Waals surface area (Å²) in [6, 6.07) is 0. The lowest BCUT2D eigenvalue weighted by Gasteiger charge is -2.08. The zero-order chi connectivity index (χ0) is 15.7. The maximum absolute atomic E-state index is 12.1. The van der Waals surface area contributed by atoms with Gasteiger partial charge in [0.2, 0.25) is 0 Å². The maximum atomic E-state index is 12.1. The van der Waals surface area contributed by atoms with Gasteiger partial charge in [0.25, 0.3) is 5.56 Å². The summed E-state index contributed by atoms with van der Waals surface area (Å²) in [4.78, 5) is 39.0. The van der Waals surface area contributed by atoms with Crippen molar-refractivity contribution in [2.75, 3.05) is 5.75 Å². The highest BCUT2D eigenvalue weighted by molar-refractivity contribution is 7.99. The number of aromatic nitrogens is 4. The van der Waals surface area contributed by atoms with Gasteiger partial charge in [0.05, 0.1) is 6.42 Å². The Hall–Kier alpha value is -2.03. The molecule has 0 amide bonds. The average Bonchev–Trinajstić information content (AvgIpc) is 2.81. The Morgan fingerprint density at radius 1 is 1.29 bits per heavy atom. The number of imidazole rings is 1. The number of aryl methyl sites for hydroxylation is 2. The largest absolute Gasteiger partial charge is 0.481 e. The minimum atomic E-state index is -0.884. The monoisotopic (exact) mass is 312 g/mol. The molecule has 0 atom stereocenters. The molecule has 114 valence electrons. The molecule has 0 saturated carbocycles. The molecule has 0 aliphatic carbocycles. The van der Waals surface area contributed by atoms with Crippen LogP contribution in [0.5, 0.6) is 0 Å². The Bertz CT molecular complexity index is 817. The topological polar surface area (TPSA) is 99.1 Å². The van der Waals surface area contributed by atoms with Gasteiger partial charge >= 0.3 is 11.7 Å². The van der Waals surface area contributed by atoms with E-state index >= 15 is 0 Å². The fourth-order valence-electron chi connectivity index (χ4n) is 2.09. The van der Waals surface area contributed by atoms with Crippen LogP contribution in [-0.4, -0.2) is 35.5 Å². The number of carboxylic acid groups (broad SMARTS) is 1. The lowest BCUT2D eigenvalue weighted by atomic mass is 10.5. The van der Waals surface area contributed by atoms with Crippen molar-refractivity contribution in [3.05, 3.63) is 20.8 Å². The highest BCUT2D eigenvalue weighted by atomic mass is 32.2. The van der Waals surface area contributed by atoms with Crippen molar-refractivity contribution in [3.8, 4) is 0 Å². The highest BCUT2D eigenvalue weighted by Gasteiger charge is 2.18. The van der Waals surface area contributed by atoms with Crippen LogP contribution in [0.1, 0.15) is 13.3 Å². The first kappa shape index (κ1) is 15.4. The summed E-state index contributed by atoms with van der Waals surface area (Å²) in [5.74, 6) is -0.530. The van der Waals surface area contributed by atoms with E-state index < -0.39 is 17.2 Å². The second kappa shape index (κ2) is 5.76. The van der Waals surface area contributed by atoms with Crippen LogP contribution in [0, 0.1) is 0 Å². The quantitative estimate of drug-likeness (QED) is 0.781. The molecule has 2 aromatic heterocycles. The molecule has 0 aromatic carbocycles. The van der Waals surface area contributed by atoms with E-state index in [9.17, 15) is 14.4 Å². The van der Waals surface area contributed by atoms with Crippen molar-refractivity contribution in [1.82, 2.24) is 18.7 Å². The molecule has 8 nitrogen and oxygen atoms in total. The Kier molecular flexibility index (Phi) is 4.21. The molecule has 0 bridgehead atoms. The van der Waals surface area contributed by atoms with Crippen molar-refractivity contribution in [1.29, 1.82) is 0 Å². The van der Waals surface area contributed by atoms with Crippen molar-refractivity contribution in [2.45, 2.75) is 25.0 Å². The Balaban J connectivity index is 2.61. The van der Waals surface area contributed by atoms with Gasteiger partial charge in [-0.05, 0) is 6.92 Å². The van der Waals surface area contributed by atoms with Crippen LogP contribution in [0.4, 0.5) is 0 Å². The van der Waals surface area contributed by atoms with Crippen molar-refractivity contribution < 1.29 is 9.90 Å². The zero-order valence-corrected chi connectivity index (χ0v) is 12.8. The van der Waals surface area contributed by atoms with Gasteiger partial charge in [-0.2, -0.15) is 0 Å². The van der Waals surface area contributed by atoms with Crippen LogP contribution in [0.15, 0.2) is 14.7 Å². The standard InChI is InChI=1S/C12H16N4O4S/c1-4-16-9-8(10(19)15(3)12(20)14(9)2)13-11(16)21-6-5-7(17)18/h4-6H2,1-3H3,(H,17,18). The van der Waals surface area contributed by atoms with E-state index in [0.29, 0.717) is 23.1 Å². The predicted molar refractivity (Wildman–Crippen MR) is 78.9 cm³/mol. The van der Waals surface area contributed by atoms with Crippen LogP contribution >= 0.6 is 11.8 Å². The van der Waals surface area contributed by atoms with Crippen molar-refractivity contribution in [3.63, 3.8) is 0 Å². The van der Waals surface area contributed by atoms with E-state index in [0.717, 1.165) is 4.57 Å². The summed E-state index contributed by atoms with van der Waals surface area (Å²) in [7, 11) is 3.00. The van der Waals surface area contributed by atoms with E-state index in [1.54, 1.807) is 11.6 Å². The number of hydrogen-bond donors (Lipinski definition) is 1. The third-order valence-electron chi connectivity index (χ3n) is 3.17. The highest BCUT2D eigenvalue weighted by Crippen LogP contribution is 2.22. The number of hydrogen-bond acceptors (Lipinski definition) is 5. The fourth-order valence-corrected chi connectivity index (χ4v) is 3.08. The minimum Gasteiger partial charge on any atom is -0.481 e. The molecule has 21 heavy (non-hydrogen) atoms. The summed E-state index contributed by atoms with van der Waals surface area (Å²) in [6.45, 7) is 2.41. The van der Waals surface area contributed by atoms with Crippen molar-refractivity contribution in [2.24, 2.45) is 14.1 Å². The van der Waals surface area contributed by atoms with Crippen LogP contribution in [0.2, 0.25) is 0 Å². The second-order valence-electron chi connectivity index (χ2n) is 4.51. The molecule has 0 fully saturated rings. The van der Waals surface area contributed by atoms with Gasteiger partial charge in [0, 0.05) is 26.4 Å². The maximum Gasteiger partial charge on any atom is 0.332 e. The molecule has 9 heteroatoms. The lowest BCUT2D eigenvalue weighted by Crippen LogP contribution is -2.37. The average molecular weight is 312 g/mol. The van der Waals surface area contributed by atoms with E-state index in [1.165, 1.54) is 23.4 Å². The first-order valence-electron chi connectivity index (χ1n) is 6.39. The normalized spacial score (nSPS) is 11.2. The Morgan fingerprint density at radius 3 is 2.52 bits per heavy atom. The number of aliphatic carboxylic acids is 1. The van der Waals surface area contributed by atoms with Gasteiger partial charge in [-0.25, -0.2) is 9.78 Å². The molecule has 2 rings (SSSR count). The third-order valence-corrected chi connectivity index (χ3v) is 4.15. The summed E-state index contributed by atoms with van der Waals surface area (Å²) in [6.07, 6.45) is 0.00846. The molecule has 1 N–H and O–H groups in total. The molecule has 0 saturated heterocycles. The summed E-state index contributed by atoms with van der Waals surface area (Å²) >= 11 is 1.26.